The van der Waals surface area contributed by atoms with Crippen LogP contribution in [-0.4, -0.2) is 28.5 Å². The van der Waals surface area contributed by atoms with Gasteiger partial charge in [0.1, 0.15) is 5.60 Å². The maximum Gasteiger partial charge on any atom is 0.226 e. The summed E-state index contributed by atoms with van der Waals surface area (Å²) in [5, 5.41) is 18.1. The highest BCUT2D eigenvalue weighted by atomic mass is 16.3. The zero-order chi connectivity index (χ0) is 23.8. The lowest BCUT2D eigenvalue weighted by molar-refractivity contribution is -0.185. The summed E-state index contributed by atoms with van der Waals surface area (Å²) in [5.74, 6) is -0.0553. The molecule has 3 fully saturated rings. The fraction of sp³-hybridized carbons (Fsp3) is 0.310. The minimum atomic E-state index is -1.36. The maximum absolute atomic E-state index is 13.3. The number of hydrogen-bond acceptors (Lipinski definition) is 3. The first-order valence-corrected chi connectivity index (χ1v) is 11.8. The zero-order valence-corrected chi connectivity index (χ0v) is 19.3. The highest BCUT2D eigenvalue weighted by Gasteiger charge is 2.72. The van der Waals surface area contributed by atoms with Gasteiger partial charge in [-0.25, -0.2) is 0 Å². The second-order valence-corrected chi connectivity index (χ2v) is 10.00. The average molecular weight is 455 g/mol. The molecule has 0 spiro atoms. The van der Waals surface area contributed by atoms with E-state index in [1.165, 1.54) is 0 Å². The van der Waals surface area contributed by atoms with Gasteiger partial charge in [0, 0.05) is 5.54 Å². The SMILES string of the molecule is CC(NC(=O)C12CC(NC(=O)Cc3ccccc3)(C1)C2)C(O)(c1ccccc1)c1ccccc1. The lowest BCUT2D eigenvalue weighted by atomic mass is 9.39. The number of carbonyl (C=O) groups excluding carboxylic acids is 2. The van der Waals surface area contributed by atoms with Crippen molar-refractivity contribution in [3.8, 4) is 0 Å². The van der Waals surface area contributed by atoms with Crippen molar-refractivity contribution in [2.75, 3.05) is 0 Å². The topological polar surface area (TPSA) is 78.4 Å². The predicted octanol–water partition coefficient (Wildman–Crippen LogP) is 3.71. The fourth-order valence-corrected chi connectivity index (χ4v) is 5.79. The fourth-order valence-electron chi connectivity index (χ4n) is 5.79. The van der Waals surface area contributed by atoms with Crippen LogP contribution >= 0.6 is 0 Å². The Morgan fingerprint density at radius 1 is 0.853 bits per heavy atom. The van der Waals surface area contributed by atoms with Gasteiger partial charge in [-0.05, 0) is 42.9 Å². The zero-order valence-electron chi connectivity index (χ0n) is 19.3. The Bertz CT molecular complexity index is 1120. The first-order valence-electron chi connectivity index (χ1n) is 11.8. The minimum absolute atomic E-state index is 0.00388. The third-order valence-electron chi connectivity index (χ3n) is 7.53. The van der Waals surface area contributed by atoms with Crippen molar-refractivity contribution in [1.82, 2.24) is 10.6 Å². The summed E-state index contributed by atoms with van der Waals surface area (Å²) in [6.45, 7) is 1.85. The van der Waals surface area contributed by atoms with Crippen molar-refractivity contribution < 1.29 is 14.7 Å². The molecule has 0 aromatic heterocycles. The largest absolute Gasteiger partial charge is 0.378 e. The number of rotatable bonds is 8. The van der Waals surface area contributed by atoms with E-state index in [0.29, 0.717) is 25.7 Å². The van der Waals surface area contributed by atoms with Gasteiger partial charge >= 0.3 is 0 Å². The van der Waals surface area contributed by atoms with Crippen LogP contribution in [0.5, 0.6) is 0 Å². The molecule has 2 amide bonds. The second kappa shape index (κ2) is 8.41. The van der Waals surface area contributed by atoms with Crippen molar-refractivity contribution in [3.05, 3.63) is 108 Å². The van der Waals surface area contributed by atoms with Crippen molar-refractivity contribution in [2.45, 2.75) is 49.8 Å². The molecule has 0 radical (unpaired) electrons. The van der Waals surface area contributed by atoms with Crippen LogP contribution in [0.3, 0.4) is 0 Å². The summed E-state index contributed by atoms with van der Waals surface area (Å²) >= 11 is 0. The van der Waals surface area contributed by atoms with E-state index in [1.807, 2.05) is 97.9 Å². The van der Waals surface area contributed by atoms with Gasteiger partial charge in [-0.15, -0.1) is 0 Å². The van der Waals surface area contributed by atoms with Crippen LogP contribution in [-0.2, 0) is 21.6 Å². The van der Waals surface area contributed by atoms with Crippen molar-refractivity contribution >= 4 is 11.8 Å². The third-order valence-corrected chi connectivity index (χ3v) is 7.53. The lowest BCUT2D eigenvalue weighted by Gasteiger charge is -2.69. The summed E-state index contributed by atoms with van der Waals surface area (Å²) in [6, 6.07) is 28.0. The highest BCUT2D eigenvalue weighted by molar-refractivity contribution is 5.89. The molecule has 3 aromatic rings. The Labute approximate surface area is 200 Å². The Morgan fingerprint density at radius 2 is 1.32 bits per heavy atom. The van der Waals surface area contributed by atoms with Gasteiger partial charge in [-0.1, -0.05) is 91.0 Å². The van der Waals surface area contributed by atoms with Gasteiger partial charge in [0.05, 0.1) is 17.9 Å². The van der Waals surface area contributed by atoms with Crippen LogP contribution in [0.15, 0.2) is 91.0 Å². The molecule has 5 heteroatoms. The van der Waals surface area contributed by atoms with E-state index in [4.69, 9.17) is 0 Å². The standard InChI is InChI=1S/C29H30N2O3/c1-21(29(34,23-13-7-3-8-14-23)24-15-9-4-10-16-24)30-26(33)27-18-28(19-27,20-27)31-25(32)17-22-11-5-2-6-12-22/h2-16,21,34H,17-20H2,1H3,(H,30,33)(H,31,32). The van der Waals surface area contributed by atoms with Crippen LogP contribution in [0.4, 0.5) is 0 Å². The Kier molecular flexibility index (Phi) is 5.53. The molecule has 0 aliphatic heterocycles. The number of amides is 2. The smallest absolute Gasteiger partial charge is 0.226 e. The Morgan fingerprint density at radius 3 is 1.82 bits per heavy atom. The molecular formula is C29H30N2O3. The molecule has 1 atom stereocenters. The van der Waals surface area contributed by atoms with Crippen LogP contribution in [0.2, 0.25) is 0 Å². The van der Waals surface area contributed by atoms with Gasteiger partial charge in [-0.2, -0.15) is 0 Å². The molecule has 5 nitrogen and oxygen atoms in total. The molecule has 3 aromatic carbocycles. The molecule has 3 N–H and O–H groups in total. The highest BCUT2D eigenvalue weighted by Crippen LogP contribution is 2.67. The first kappa shape index (κ1) is 22.4. The number of hydrogen-bond donors (Lipinski definition) is 3. The number of carbonyl (C=O) groups is 2. The van der Waals surface area contributed by atoms with E-state index in [1.54, 1.807) is 0 Å². The summed E-state index contributed by atoms with van der Waals surface area (Å²) in [6.07, 6.45) is 2.29. The molecule has 3 saturated carbocycles. The van der Waals surface area contributed by atoms with E-state index in [2.05, 4.69) is 10.6 Å². The van der Waals surface area contributed by atoms with E-state index in [-0.39, 0.29) is 17.4 Å². The molecule has 0 saturated heterocycles. The van der Waals surface area contributed by atoms with Crippen molar-refractivity contribution in [3.63, 3.8) is 0 Å². The van der Waals surface area contributed by atoms with E-state index < -0.39 is 17.1 Å². The van der Waals surface area contributed by atoms with Crippen molar-refractivity contribution in [1.29, 1.82) is 0 Å². The van der Waals surface area contributed by atoms with Crippen molar-refractivity contribution in [2.24, 2.45) is 5.41 Å². The molecule has 6 rings (SSSR count). The van der Waals surface area contributed by atoms with Gasteiger partial charge in [0.25, 0.3) is 0 Å². The third kappa shape index (κ3) is 3.80. The number of benzene rings is 3. The maximum atomic E-state index is 13.3. The first-order chi connectivity index (χ1) is 16.4. The molecule has 1 unspecified atom stereocenters. The summed E-state index contributed by atoms with van der Waals surface area (Å²) < 4.78 is 0. The molecule has 174 valence electrons. The summed E-state index contributed by atoms with van der Waals surface area (Å²) in [4.78, 5) is 25.8. The Hall–Kier alpha value is -3.44. The molecular weight excluding hydrogens is 424 g/mol. The van der Waals surface area contributed by atoms with Crippen LogP contribution in [0, 0.1) is 5.41 Å². The van der Waals surface area contributed by atoms with Gasteiger partial charge in [0.15, 0.2) is 0 Å². The molecule has 2 bridgehead atoms. The second-order valence-electron chi connectivity index (χ2n) is 10.00. The quantitative estimate of drug-likeness (QED) is 0.486. The summed E-state index contributed by atoms with van der Waals surface area (Å²) in [5.41, 5.74) is 0.370. The van der Waals surface area contributed by atoms with Gasteiger partial charge < -0.3 is 15.7 Å². The normalized spacial score (nSPS) is 23.7. The molecule has 3 aliphatic carbocycles. The monoisotopic (exact) mass is 454 g/mol. The van der Waals surface area contributed by atoms with E-state index >= 15 is 0 Å². The van der Waals surface area contributed by atoms with E-state index in [9.17, 15) is 14.7 Å². The van der Waals surface area contributed by atoms with Crippen LogP contribution in [0.25, 0.3) is 0 Å². The van der Waals surface area contributed by atoms with E-state index in [0.717, 1.165) is 16.7 Å². The van der Waals surface area contributed by atoms with Gasteiger partial charge in [0.2, 0.25) is 11.8 Å². The molecule has 0 heterocycles. The lowest BCUT2D eigenvalue weighted by Crippen LogP contribution is -2.79. The predicted molar refractivity (Wildman–Crippen MR) is 131 cm³/mol. The van der Waals surface area contributed by atoms with Gasteiger partial charge in [-0.3, -0.25) is 9.59 Å². The minimum Gasteiger partial charge on any atom is -0.378 e. The number of nitrogens with one attached hydrogen (secondary N) is 2. The summed E-state index contributed by atoms with van der Waals surface area (Å²) in [7, 11) is 0. The number of aliphatic hydroxyl groups is 1. The average Bonchev–Trinajstić information content (AvgIpc) is 2.81. The molecule has 3 aliphatic rings. The Balaban J connectivity index is 1.24. The van der Waals surface area contributed by atoms with Crippen LogP contribution < -0.4 is 10.6 Å². The van der Waals surface area contributed by atoms with Crippen LogP contribution in [0.1, 0.15) is 42.9 Å². The molecule has 34 heavy (non-hydrogen) atoms.